The molecule has 0 aromatic heterocycles. The third-order valence-electron chi connectivity index (χ3n) is 8.56. The lowest BCUT2D eigenvalue weighted by Crippen LogP contribution is -2.49. The van der Waals surface area contributed by atoms with Crippen LogP contribution < -0.4 is 9.47 Å². The Morgan fingerprint density at radius 1 is 0.952 bits per heavy atom. The van der Waals surface area contributed by atoms with E-state index in [0.717, 1.165) is 31.4 Å². The number of rotatable bonds is 8. The number of carboxylic acid groups (broad SMARTS) is 1. The highest BCUT2D eigenvalue weighted by atomic mass is 19.4. The Morgan fingerprint density at radius 3 is 2.17 bits per heavy atom. The molecule has 2 aliphatic rings. The van der Waals surface area contributed by atoms with Crippen LogP contribution in [0.1, 0.15) is 75.6 Å². The SMILES string of the molecule is COc1ccc(C(F)(F)F)cc1COC1[C@@H](c2ccccc2OC)N(C(=O)C2CCCCC2)[C@@H](C(=O)O)[C@@H]1C(C)(C)C. The zero-order valence-corrected chi connectivity index (χ0v) is 24.7. The van der Waals surface area contributed by atoms with Crippen LogP contribution in [0.25, 0.3) is 0 Å². The van der Waals surface area contributed by atoms with E-state index in [1.54, 1.807) is 24.3 Å². The number of likely N-dealkylation sites (tertiary alicyclic amines) is 1. The molecule has 1 heterocycles. The Bertz CT molecular complexity index is 1270. The van der Waals surface area contributed by atoms with Gasteiger partial charge >= 0.3 is 12.1 Å². The van der Waals surface area contributed by atoms with Gasteiger partial charge in [-0.2, -0.15) is 13.2 Å². The van der Waals surface area contributed by atoms with Crippen LogP contribution in [0.15, 0.2) is 42.5 Å². The quantitative estimate of drug-likeness (QED) is 0.360. The molecule has 0 spiro atoms. The molecule has 4 rings (SSSR count). The number of carbonyl (C=O) groups excluding carboxylic acids is 1. The molecule has 4 atom stereocenters. The van der Waals surface area contributed by atoms with Crippen molar-refractivity contribution < 1.29 is 42.1 Å². The lowest BCUT2D eigenvalue weighted by Gasteiger charge is -2.35. The molecule has 1 aliphatic carbocycles. The van der Waals surface area contributed by atoms with Crippen molar-refractivity contribution in [1.82, 2.24) is 4.90 Å². The van der Waals surface area contributed by atoms with E-state index in [0.29, 0.717) is 24.2 Å². The minimum atomic E-state index is -4.57. The van der Waals surface area contributed by atoms with E-state index >= 15 is 0 Å². The number of methoxy groups -OCH3 is 2. The number of alkyl halides is 3. The number of benzene rings is 2. The topological polar surface area (TPSA) is 85.3 Å². The van der Waals surface area contributed by atoms with Crippen LogP contribution in [0, 0.1) is 17.3 Å². The highest BCUT2D eigenvalue weighted by Crippen LogP contribution is 2.52. The lowest BCUT2D eigenvalue weighted by molar-refractivity contribution is -0.154. The molecule has 10 heteroatoms. The number of nitrogens with zero attached hydrogens (tertiary/aromatic N) is 1. The molecule has 1 saturated carbocycles. The standard InChI is InChI=1S/C32H40F3NO6/c1-31(2,3)25-27(30(38)39)36(29(37)19-11-7-6-8-12-19)26(22-13-9-10-14-24(22)41-5)28(25)42-18-20-17-21(32(33,34)35)15-16-23(20)40-4/h9-10,13-17,19,25-28H,6-8,11-12,18H2,1-5H3,(H,38,39)/t25-,26+,27+,28?/m0/s1. The van der Waals surface area contributed by atoms with E-state index in [9.17, 15) is 27.9 Å². The Labute approximate surface area is 244 Å². The minimum absolute atomic E-state index is 0.169. The second-order valence-corrected chi connectivity index (χ2v) is 12.2. The molecular weight excluding hydrogens is 551 g/mol. The summed E-state index contributed by atoms with van der Waals surface area (Å²) in [4.78, 5) is 28.8. The summed E-state index contributed by atoms with van der Waals surface area (Å²) in [7, 11) is 2.86. The van der Waals surface area contributed by atoms with Gasteiger partial charge in [0, 0.05) is 23.0 Å². The van der Waals surface area contributed by atoms with Crippen LogP contribution in [0.3, 0.4) is 0 Å². The van der Waals surface area contributed by atoms with E-state index in [1.807, 2.05) is 20.8 Å². The van der Waals surface area contributed by atoms with Gasteiger partial charge in [0.05, 0.1) is 38.5 Å². The Kier molecular flexibility index (Phi) is 9.45. The average Bonchev–Trinajstić information content (AvgIpc) is 3.31. The van der Waals surface area contributed by atoms with Gasteiger partial charge in [-0.3, -0.25) is 4.79 Å². The first-order valence-corrected chi connectivity index (χ1v) is 14.3. The van der Waals surface area contributed by atoms with Crippen LogP contribution in [-0.2, 0) is 27.1 Å². The van der Waals surface area contributed by atoms with Crippen molar-refractivity contribution in [3.63, 3.8) is 0 Å². The van der Waals surface area contributed by atoms with Crippen LogP contribution in [0.5, 0.6) is 11.5 Å². The number of amides is 1. The Hall–Kier alpha value is -3.27. The highest BCUT2D eigenvalue weighted by molar-refractivity contribution is 5.87. The monoisotopic (exact) mass is 591 g/mol. The first-order chi connectivity index (χ1) is 19.8. The largest absolute Gasteiger partial charge is 0.496 e. The van der Waals surface area contributed by atoms with Crippen LogP contribution in [0.2, 0.25) is 0 Å². The summed E-state index contributed by atoms with van der Waals surface area (Å²) in [5, 5.41) is 10.6. The van der Waals surface area contributed by atoms with Crippen molar-refractivity contribution in [2.24, 2.45) is 17.3 Å². The number of hydrogen-bond acceptors (Lipinski definition) is 5. The summed E-state index contributed by atoms with van der Waals surface area (Å²) in [6.07, 6.45) is -1.30. The summed E-state index contributed by atoms with van der Waals surface area (Å²) in [5.41, 5.74) is -0.752. The van der Waals surface area contributed by atoms with Gasteiger partial charge < -0.3 is 24.2 Å². The number of para-hydroxylation sites is 1. The van der Waals surface area contributed by atoms with E-state index in [2.05, 4.69) is 0 Å². The van der Waals surface area contributed by atoms with Gasteiger partial charge in [-0.25, -0.2) is 4.79 Å². The first kappa shape index (κ1) is 31.7. The molecule has 2 fully saturated rings. The molecule has 0 radical (unpaired) electrons. The Balaban J connectivity index is 1.86. The number of ether oxygens (including phenoxy) is 3. The molecule has 1 aliphatic heterocycles. The van der Waals surface area contributed by atoms with Crippen molar-refractivity contribution in [2.75, 3.05) is 14.2 Å². The maximum absolute atomic E-state index is 14.3. The summed E-state index contributed by atoms with van der Waals surface area (Å²) >= 11 is 0. The smallest absolute Gasteiger partial charge is 0.416 e. The number of hydrogen-bond donors (Lipinski definition) is 1. The van der Waals surface area contributed by atoms with Gasteiger partial charge in [-0.1, -0.05) is 58.2 Å². The summed E-state index contributed by atoms with van der Waals surface area (Å²) in [5.74, 6) is -1.73. The molecule has 0 bridgehead atoms. The molecule has 7 nitrogen and oxygen atoms in total. The summed E-state index contributed by atoms with van der Waals surface area (Å²) < 4.78 is 58.2. The van der Waals surface area contributed by atoms with E-state index < -0.39 is 47.2 Å². The fourth-order valence-corrected chi connectivity index (χ4v) is 6.64. The van der Waals surface area contributed by atoms with Crippen LogP contribution >= 0.6 is 0 Å². The number of carbonyl (C=O) groups is 2. The van der Waals surface area contributed by atoms with E-state index in [4.69, 9.17) is 14.2 Å². The number of carboxylic acids is 1. The Morgan fingerprint density at radius 2 is 1.60 bits per heavy atom. The lowest BCUT2D eigenvalue weighted by atomic mass is 9.73. The fourth-order valence-electron chi connectivity index (χ4n) is 6.64. The van der Waals surface area contributed by atoms with Crippen molar-refractivity contribution in [2.45, 2.75) is 83.8 Å². The van der Waals surface area contributed by atoms with Gasteiger partial charge in [-0.05, 0) is 42.5 Å². The molecule has 1 N–H and O–H groups in total. The molecular formula is C32H40F3NO6. The van der Waals surface area contributed by atoms with Crippen molar-refractivity contribution in [3.8, 4) is 11.5 Å². The molecule has 230 valence electrons. The van der Waals surface area contributed by atoms with Gasteiger partial charge in [0.25, 0.3) is 0 Å². The third-order valence-corrected chi connectivity index (χ3v) is 8.56. The van der Waals surface area contributed by atoms with Gasteiger partial charge in [0.1, 0.15) is 17.5 Å². The van der Waals surface area contributed by atoms with Crippen molar-refractivity contribution >= 4 is 11.9 Å². The second-order valence-electron chi connectivity index (χ2n) is 12.2. The van der Waals surface area contributed by atoms with Gasteiger partial charge in [0.15, 0.2) is 0 Å². The average molecular weight is 592 g/mol. The third kappa shape index (κ3) is 6.38. The molecule has 1 saturated heterocycles. The van der Waals surface area contributed by atoms with E-state index in [1.165, 1.54) is 25.2 Å². The number of halogens is 3. The van der Waals surface area contributed by atoms with Gasteiger partial charge in [0.2, 0.25) is 5.91 Å². The molecule has 1 amide bonds. The second kappa shape index (κ2) is 12.5. The molecule has 42 heavy (non-hydrogen) atoms. The predicted octanol–water partition coefficient (Wildman–Crippen LogP) is 6.89. The maximum Gasteiger partial charge on any atom is 0.416 e. The molecule has 1 unspecified atom stereocenters. The van der Waals surface area contributed by atoms with Crippen molar-refractivity contribution in [3.05, 3.63) is 59.2 Å². The zero-order chi connectivity index (χ0) is 30.8. The maximum atomic E-state index is 14.3. The normalized spacial score (nSPS) is 23.6. The zero-order valence-electron chi connectivity index (χ0n) is 24.7. The highest BCUT2D eigenvalue weighted by Gasteiger charge is 2.59. The summed E-state index contributed by atoms with van der Waals surface area (Å²) in [6.45, 7) is 5.39. The summed E-state index contributed by atoms with van der Waals surface area (Å²) in [6, 6.07) is 8.20. The number of aliphatic carboxylic acids is 1. The molecule has 2 aromatic carbocycles. The minimum Gasteiger partial charge on any atom is -0.496 e. The van der Waals surface area contributed by atoms with Crippen LogP contribution in [0.4, 0.5) is 13.2 Å². The van der Waals surface area contributed by atoms with Crippen molar-refractivity contribution in [1.29, 1.82) is 0 Å². The molecule has 2 aromatic rings. The fraction of sp³-hybridized carbons (Fsp3) is 0.562. The van der Waals surface area contributed by atoms with Crippen LogP contribution in [-0.4, -0.2) is 48.2 Å². The first-order valence-electron chi connectivity index (χ1n) is 14.3. The van der Waals surface area contributed by atoms with Gasteiger partial charge in [-0.15, -0.1) is 0 Å². The predicted molar refractivity (Wildman–Crippen MR) is 150 cm³/mol. The van der Waals surface area contributed by atoms with E-state index in [-0.39, 0.29) is 29.7 Å².